The maximum Gasteiger partial charge on any atom is 0.238 e. The van der Waals surface area contributed by atoms with E-state index in [2.05, 4.69) is 42.3 Å². The van der Waals surface area contributed by atoms with Crippen LogP contribution in [0, 0.1) is 11.8 Å². The van der Waals surface area contributed by atoms with Crippen LogP contribution in [-0.2, 0) is 4.79 Å². The fraction of sp³-hybridized carbons (Fsp3) is 0.421. The van der Waals surface area contributed by atoms with Gasteiger partial charge in [0.15, 0.2) is 0 Å². The normalized spacial score (nSPS) is 22.6. The van der Waals surface area contributed by atoms with Crippen LogP contribution in [0.15, 0.2) is 42.5 Å². The molecule has 0 aromatic heterocycles. The third-order valence-electron chi connectivity index (χ3n) is 4.34. The third-order valence-corrected chi connectivity index (χ3v) is 4.34. The van der Waals surface area contributed by atoms with E-state index in [0.717, 1.165) is 24.2 Å². The van der Waals surface area contributed by atoms with Gasteiger partial charge in [0.2, 0.25) is 5.91 Å². The number of carbonyl (C=O) groups excluding carboxylic acids is 1. The Morgan fingerprint density at radius 3 is 2.50 bits per heavy atom. The van der Waals surface area contributed by atoms with E-state index >= 15 is 0 Å². The van der Waals surface area contributed by atoms with E-state index in [9.17, 15) is 4.79 Å². The van der Waals surface area contributed by atoms with Gasteiger partial charge in [-0.3, -0.25) is 9.69 Å². The summed E-state index contributed by atoms with van der Waals surface area (Å²) in [6.45, 7) is 7.07. The minimum absolute atomic E-state index is 0.0802. The molecule has 3 rings (SSSR count). The molecule has 116 valence electrons. The summed E-state index contributed by atoms with van der Waals surface area (Å²) in [5, 5.41) is 5.38. The maximum atomic E-state index is 12.3. The predicted octanol–water partition coefficient (Wildman–Crippen LogP) is 3.76. The zero-order valence-corrected chi connectivity index (χ0v) is 13.4. The van der Waals surface area contributed by atoms with Crippen molar-refractivity contribution in [1.82, 2.24) is 4.90 Å². The highest BCUT2D eigenvalue weighted by Crippen LogP contribution is 2.21. The molecule has 3 nitrogen and oxygen atoms in total. The van der Waals surface area contributed by atoms with Crippen LogP contribution in [0.1, 0.15) is 20.3 Å². The second kappa shape index (κ2) is 6.49. The van der Waals surface area contributed by atoms with Crippen LogP contribution < -0.4 is 5.32 Å². The van der Waals surface area contributed by atoms with Crippen LogP contribution >= 0.6 is 0 Å². The van der Waals surface area contributed by atoms with Gasteiger partial charge >= 0.3 is 0 Å². The van der Waals surface area contributed by atoms with Crippen molar-refractivity contribution in [3.8, 4) is 0 Å². The van der Waals surface area contributed by atoms with Gasteiger partial charge in [0.05, 0.1) is 6.54 Å². The van der Waals surface area contributed by atoms with Gasteiger partial charge in [0, 0.05) is 18.8 Å². The first-order valence-electron chi connectivity index (χ1n) is 8.11. The summed E-state index contributed by atoms with van der Waals surface area (Å²) in [5.41, 5.74) is 0.877. The molecule has 1 amide bonds. The van der Waals surface area contributed by atoms with Crippen LogP contribution in [0.5, 0.6) is 0 Å². The molecule has 2 aromatic rings. The molecule has 1 heterocycles. The Hall–Kier alpha value is -1.87. The van der Waals surface area contributed by atoms with E-state index in [4.69, 9.17) is 0 Å². The molecule has 0 unspecified atom stereocenters. The number of amides is 1. The quantitative estimate of drug-likeness (QED) is 0.935. The Kier molecular flexibility index (Phi) is 4.44. The molecule has 1 N–H and O–H groups in total. The SMILES string of the molecule is C[C@H]1C[C@H](C)CN(CC(=O)Nc2ccc3ccccc3c2)C1. The Bertz CT molecular complexity index is 657. The number of hydrogen-bond acceptors (Lipinski definition) is 2. The number of benzene rings is 2. The lowest BCUT2D eigenvalue weighted by molar-refractivity contribution is -0.117. The number of piperidine rings is 1. The fourth-order valence-corrected chi connectivity index (χ4v) is 3.59. The molecule has 0 aliphatic carbocycles. The molecular formula is C19H24N2O. The summed E-state index contributed by atoms with van der Waals surface area (Å²) in [4.78, 5) is 14.6. The van der Waals surface area contributed by atoms with Crippen molar-refractivity contribution in [1.29, 1.82) is 0 Å². The highest BCUT2D eigenvalue weighted by Gasteiger charge is 2.23. The molecule has 3 heteroatoms. The van der Waals surface area contributed by atoms with E-state index < -0.39 is 0 Å². The first-order valence-corrected chi connectivity index (χ1v) is 8.11. The highest BCUT2D eigenvalue weighted by molar-refractivity contribution is 5.95. The number of anilines is 1. The summed E-state index contributed by atoms with van der Waals surface area (Å²) >= 11 is 0. The van der Waals surface area contributed by atoms with Crippen molar-refractivity contribution in [3.63, 3.8) is 0 Å². The van der Waals surface area contributed by atoms with Crippen LogP contribution in [0.4, 0.5) is 5.69 Å². The number of fused-ring (bicyclic) bond motifs is 1. The van der Waals surface area contributed by atoms with Gasteiger partial charge in [0.25, 0.3) is 0 Å². The molecule has 0 bridgehead atoms. The third kappa shape index (κ3) is 3.66. The first kappa shape index (κ1) is 15.0. The van der Waals surface area contributed by atoms with E-state index in [0.29, 0.717) is 18.4 Å². The first-order chi connectivity index (χ1) is 10.6. The molecule has 1 aliphatic rings. The molecule has 0 radical (unpaired) electrons. The number of likely N-dealkylation sites (tertiary alicyclic amines) is 1. The summed E-state index contributed by atoms with van der Waals surface area (Å²) in [7, 11) is 0. The van der Waals surface area contributed by atoms with Gasteiger partial charge in [-0.15, -0.1) is 0 Å². The molecule has 2 aromatic carbocycles. The minimum Gasteiger partial charge on any atom is -0.325 e. The van der Waals surface area contributed by atoms with Crippen molar-refractivity contribution >= 4 is 22.4 Å². The fourth-order valence-electron chi connectivity index (χ4n) is 3.59. The topological polar surface area (TPSA) is 32.3 Å². The van der Waals surface area contributed by atoms with E-state index in [1.807, 2.05) is 24.3 Å². The van der Waals surface area contributed by atoms with Gasteiger partial charge in [-0.05, 0) is 41.2 Å². The standard InChI is InChI=1S/C19H24N2O/c1-14-9-15(2)12-21(11-14)13-19(22)20-18-8-7-16-5-3-4-6-17(16)10-18/h3-8,10,14-15H,9,11-13H2,1-2H3,(H,20,22)/t14-,15-/m0/s1. The molecule has 1 saturated heterocycles. The van der Waals surface area contributed by atoms with Crippen molar-refractivity contribution in [2.75, 3.05) is 25.0 Å². The van der Waals surface area contributed by atoms with Crippen LogP contribution in [-0.4, -0.2) is 30.4 Å². The van der Waals surface area contributed by atoms with Crippen LogP contribution in [0.25, 0.3) is 10.8 Å². The van der Waals surface area contributed by atoms with Gasteiger partial charge < -0.3 is 5.32 Å². The molecule has 0 spiro atoms. The largest absolute Gasteiger partial charge is 0.325 e. The minimum atomic E-state index is 0.0802. The van der Waals surface area contributed by atoms with Crippen LogP contribution in [0.3, 0.4) is 0 Å². The van der Waals surface area contributed by atoms with Crippen molar-refractivity contribution < 1.29 is 4.79 Å². The second-order valence-electron chi connectivity index (χ2n) is 6.75. The van der Waals surface area contributed by atoms with Gasteiger partial charge in [-0.25, -0.2) is 0 Å². The Labute approximate surface area is 132 Å². The lowest BCUT2D eigenvalue weighted by atomic mass is 9.92. The van der Waals surface area contributed by atoms with Gasteiger partial charge in [-0.2, -0.15) is 0 Å². The summed E-state index contributed by atoms with van der Waals surface area (Å²) in [5.74, 6) is 1.44. The van der Waals surface area contributed by atoms with Crippen molar-refractivity contribution in [2.45, 2.75) is 20.3 Å². The summed E-state index contributed by atoms with van der Waals surface area (Å²) < 4.78 is 0. The smallest absolute Gasteiger partial charge is 0.238 e. The number of nitrogens with one attached hydrogen (secondary N) is 1. The average molecular weight is 296 g/mol. The van der Waals surface area contributed by atoms with Crippen molar-refractivity contribution in [2.24, 2.45) is 11.8 Å². The number of carbonyl (C=O) groups is 1. The van der Waals surface area contributed by atoms with Crippen LogP contribution in [0.2, 0.25) is 0 Å². The van der Waals surface area contributed by atoms with Crippen molar-refractivity contribution in [3.05, 3.63) is 42.5 Å². The highest BCUT2D eigenvalue weighted by atomic mass is 16.2. The average Bonchev–Trinajstić information content (AvgIpc) is 2.45. The van der Waals surface area contributed by atoms with E-state index in [1.54, 1.807) is 0 Å². The summed E-state index contributed by atoms with van der Waals surface area (Å²) in [6.07, 6.45) is 1.27. The Morgan fingerprint density at radius 1 is 1.09 bits per heavy atom. The monoisotopic (exact) mass is 296 g/mol. The van der Waals surface area contributed by atoms with E-state index in [-0.39, 0.29) is 5.91 Å². The maximum absolute atomic E-state index is 12.3. The van der Waals surface area contributed by atoms with E-state index in [1.165, 1.54) is 11.8 Å². The lowest BCUT2D eigenvalue weighted by Crippen LogP contribution is -2.42. The summed E-state index contributed by atoms with van der Waals surface area (Å²) in [6, 6.07) is 14.3. The zero-order valence-electron chi connectivity index (χ0n) is 13.4. The number of rotatable bonds is 3. The predicted molar refractivity (Wildman–Crippen MR) is 92.0 cm³/mol. The molecular weight excluding hydrogens is 272 g/mol. The molecule has 0 saturated carbocycles. The number of hydrogen-bond donors (Lipinski definition) is 1. The zero-order chi connectivity index (χ0) is 15.5. The Morgan fingerprint density at radius 2 is 1.77 bits per heavy atom. The molecule has 22 heavy (non-hydrogen) atoms. The molecule has 1 aliphatic heterocycles. The second-order valence-corrected chi connectivity index (χ2v) is 6.75. The lowest BCUT2D eigenvalue weighted by Gasteiger charge is -2.34. The van der Waals surface area contributed by atoms with Gasteiger partial charge in [-0.1, -0.05) is 44.2 Å². The molecule has 2 atom stereocenters. The molecule has 1 fully saturated rings. The number of nitrogens with zero attached hydrogens (tertiary/aromatic N) is 1. The Balaban J connectivity index is 1.63. The van der Waals surface area contributed by atoms with Gasteiger partial charge in [0.1, 0.15) is 0 Å².